The highest BCUT2D eigenvalue weighted by Gasteiger charge is 2.15. The van der Waals surface area contributed by atoms with Crippen molar-refractivity contribution in [2.24, 2.45) is 5.73 Å². The number of aromatic nitrogens is 3. The zero-order valence-corrected chi connectivity index (χ0v) is 17.1. The van der Waals surface area contributed by atoms with Gasteiger partial charge in [-0.3, -0.25) is 4.98 Å². The lowest BCUT2D eigenvalue weighted by Crippen LogP contribution is -2.17. The molecule has 0 aliphatic carbocycles. The lowest BCUT2D eigenvalue weighted by molar-refractivity contribution is 0.692. The number of nitrogens with zero attached hydrogens (tertiary/aromatic N) is 3. The van der Waals surface area contributed by atoms with E-state index in [2.05, 4.69) is 78.9 Å². The van der Waals surface area contributed by atoms with Crippen molar-refractivity contribution in [1.29, 1.82) is 0 Å². The van der Waals surface area contributed by atoms with Gasteiger partial charge in [-0.15, -0.1) is 0 Å². The van der Waals surface area contributed by atoms with E-state index in [0.29, 0.717) is 6.54 Å². The minimum absolute atomic E-state index is 0.211. The number of benzene rings is 2. The minimum atomic E-state index is -0.211. The molecule has 4 heteroatoms. The maximum absolute atomic E-state index is 6.56. The zero-order valence-electron chi connectivity index (χ0n) is 17.1. The number of hydrogen-bond donors (Lipinski definition) is 1. The van der Waals surface area contributed by atoms with Gasteiger partial charge < -0.3 is 10.3 Å². The van der Waals surface area contributed by atoms with Gasteiger partial charge in [0.1, 0.15) is 0 Å². The normalized spacial score (nSPS) is 12.1. The predicted octanol–water partition coefficient (Wildman–Crippen LogP) is 4.97. The van der Waals surface area contributed by atoms with Crippen LogP contribution in [0.25, 0.3) is 11.3 Å². The van der Waals surface area contributed by atoms with E-state index in [-0.39, 0.29) is 6.04 Å². The van der Waals surface area contributed by atoms with E-state index in [1.807, 2.05) is 24.8 Å². The lowest BCUT2D eigenvalue weighted by atomic mass is 10.0. The predicted molar refractivity (Wildman–Crippen MR) is 118 cm³/mol. The van der Waals surface area contributed by atoms with Crippen LogP contribution in [-0.2, 0) is 6.54 Å². The highest BCUT2D eigenvalue weighted by atomic mass is 15.1. The second-order valence-corrected chi connectivity index (χ2v) is 7.70. The van der Waals surface area contributed by atoms with Gasteiger partial charge in [-0.25, -0.2) is 4.98 Å². The number of hydrogen-bond acceptors (Lipinski definition) is 3. The molecule has 29 heavy (non-hydrogen) atoms. The molecule has 1 unspecified atom stereocenters. The van der Waals surface area contributed by atoms with Crippen molar-refractivity contribution in [2.75, 3.05) is 0 Å². The first-order valence-electron chi connectivity index (χ1n) is 9.86. The summed E-state index contributed by atoms with van der Waals surface area (Å²) < 4.78 is 2.11. The third-order valence-electron chi connectivity index (χ3n) is 5.37. The summed E-state index contributed by atoms with van der Waals surface area (Å²) >= 11 is 0. The van der Waals surface area contributed by atoms with Crippen molar-refractivity contribution in [2.45, 2.75) is 33.4 Å². The standard InChI is InChI=1S/C25H26N4/c1-17-7-9-20(10-8-17)23-12-19(3)22(13-28-23)15-29-16-27-14-24(29)25(26)21-6-4-5-18(2)11-21/h4-14,16,25H,15,26H2,1-3H3. The van der Waals surface area contributed by atoms with Gasteiger partial charge in [0.15, 0.2) is 0 Å². The van der Waals surface area contributed by atoms with Crippen molar-refractivity contribution in [1.82, 2.24) is 14.5 Å². The molecule has 4 nitrogen and oxygen atoms in total. The number of nitrogens with two attached hydrogens (primary N) is 1. The van der Waals surface area contributed by atoms with Gasteiger partial charge in [0, 0.05) is 11.8 Å². The molecule has 0 saturated carbocycles. The van der Waals surface area contributed by atoms with Gasteiger partial charge in [-0.05, 0) is 43.5 Å². The summed E-state index contributed by atoms with van der Waals surface area (Å²) in [5, 5.41) is 0. The average molecular weight is 383 g/mol. The van der Waals surface area contributed by atoms with Crippen molar-refractivity contribution in [3.8, 4) is 11.3 Å². The lowest BCUT2D eigenvalue weighted by Gasteiger charge is -2.17. The van der Waals surface area contributed by atoms with Crippen LogP contribution in [0, 0.1) is 20.8 Å². The summed E-state index contributed by atoms with van der Waals surface area (Å²) in [6.45, 7) is 7.00. The van der Waals surface area contributed by atoms with Crippen LogP contribution in [0.2, 0.25) is 0 Å². The number of rotatable bonds is 5. The molecule has 0 spiro atoms. The van der Waals surface area contributed by atoms with Crippen LogP contribution >= 0.6 is 0 Å². The molecule has 2 heterocycles. The molecule has 4 rings (SSSR count). The molecule has 2 aromatic carbocycles. The van der Waals surface area contributed by atoms with Gasteiger partial charge >= 0.3 is 0 Å². The van der Waals surface area contributed by atoms with Crippen LogP contribution in [0.15, 0.2) is 73.3 Å². The Balaban J connectivity index is 1.59. The van der Waals surface area contributed by atoms with E-state index in [1.54, 1.807) is 0 Å². The van der Waals surface area contributed by atoms with E-state index in [4.69, 9.17) is 10.7 Å². The summed E-state index contributed by atoms with van der Waals surface area (Å²) in [5.41, 5.74) is 15.6. The Morgan fingerprint density at radius 3 is 2.45 bits per heavy atom. The largest absolute Gasteiger partial charge is 0.328 e. The Kier molecular flexibility index (Phi) is 5.28. The fraction of sp³-hybridized carbons (Fsp3) is 0.200. The molecule has 2 N–H and O–H groups in total. The second kappa shape index (κ2) is 8.02. The topological polar surface area (TPSA) is 56.7 Å². The van der Waals surface area contributed by atoms with Gasteiger partial charge in [-0.1, -0.05) is 59.7 Å². The van der Waals surface area contributed by atoms with E-state index in [0.717, 1.165) is 28.1 Å². The van der Waals surface area contributed by atoms with Gasteiger partial charge in [-0.2, -0.15) is 0 Å². The van der Waals surface area contributed by atoms with E-state index in [1.165, 1.54) is 16.7 Å². The van der Waals surface area contributed by atoms with Gasteiger partial charge in [0.05, 0.1) is 36.5 Å². The molecule has 0 bridgehead atoms. The Bertz CT molecular complexity index is 1130. The molecule has 0 amide bonds. The summed E-state index contributed by atoms with van der Waals surface area (Å²) in [6.07, 6.45) is 5.67. The van der Waals surface area contributed by atoms with E-state index >= 15 is 0 Å². The first kappa shape index (κ1) is 19.1. The fourth-order valence-electron chi connectivity index (χ4n) is 3.57. The molecule has 4 aromatic rings. The van der Waals surface area contributed by atoms with Crippen molar-refractivity contribution < 1.29 is 0 Å². The van der Waals surface area contributed by atoms with Crippen LogP contribution in [0.3, 0.4) is 0 Å². The smallest absolute Gasteiger partial charge is 0.0951 e. The van der Waals surface area contributed by atoms with Crippen LogP contribution in [0.5, 0.6) is 0 Å². The quantitative estimate of drug-likeness (QED) is 0.530. The first-order chi connectivity index (χ1) is 14.0. The number of pyridine rings is 1. The highest BCUT2D eigenvalue weighted by molar-refractivity contribution is 5.60. The molecule has 0 radical (unpaired) electrons. The fourth-order valence-corrected chi connectivity index (χ4v) is 3.57. The number of imidazole rings is 1. The van der Waals surface area contributed by atoms with Crippen LogP contribution in [-0.4, -0.2) is 14.5 Å². The van der Waals surface area contributed by atoms with Crippen molar-refractivity contribution in [3.63, 3.8) is 0 Å². The van der Waals surface area contributed by atoms with Crippen LogP contribution < -0.4 is 5.73 Å². The third kappa shape index (κ3) is 4.13. The third-order valence-corrected chi connectivity index (χ3v) is 5.37. The average Bonchev–Trinajstić information content (AvgIpc) is 3.18. The maximum Gasteiger partial charge on any atom is 0.0951 e. The molecule has 0 aliphatic rings. The Morgan fingerprint density at radius 1 is 0.931 bits per heavy atom. The SMILES string of the molecule is Cc1ccc(-c2cc(C)c(Cn3cncc3C(N)c3cccc(C)c3)cn2)cc1. The summed E-state index contributed by atoms with van der Waals surface area (Å²) in [7, 11) is 0. The highest BCUT2D eigenvalue weighted by Crippen LogP contribution is 2.23. The molecule has 0 aliphatic heterocycles. The minimum Gasteiger partial charge on any atom is -0.328 e. The molecular weight excluding hydrogens is 356 g/mol. The second-order valence-electron chi connectivity index (χ2n) is 7.70. The van der Waals surface area contributed by atoms with E-state index in [9.17, 15) is 0 Å². The molecule has 1 atom stereocenters. The van der Waals surface area contributed by atoms with Gasteiger partial charge in [0.25, 0.3) is 0 Å². The van der Waals surface area contributed by atoms with Crippen molar-refractivity contribution >= 4 is 0 Å². The number of aryl methyl sites for hydroxylation is 3. The van der Waals surface area contributed by atoms with Crippen LogP contribution in [0.4, 0.5) is 0 Å². The van der Waals surface area contributed by atoms with Gasteiger partial charge in [0.2, 0.25) is 0 Å². The monoisotopic (exact) mass is 382 g/mol. The summed E-state index contributed by atoms with van der Waals surface area (Å²) in [4.78, 5) is 9.05. The first-order valence-corrected chi connectivity index (χ1v) is 9.86. The van der Waals surface area contributed by atoms with E-state index < -0.39 is 0 Å². The Labute approximate surface area is 172 Å². The summed E-state index contributed by atoms with van der Waals surface area (Å²) in [5.74, 6) is 0. The van der Waals surface area contributed by atoms with Crippen LogP contribution in [0.1, 0.15) is 39.6 Å². The Morgan fingerprint density at radius 2 is 1.72 bits per heavy atom. The summed E-state index contributed by atoms with van der Waals surface area (Å²) in [6, 6.07) is 18.7. The maximum atomic E-state index is 6.56. The molecular formula is C25H26N4. The zero-order chi connectivity index (χ0) is 20.4. The molecule has 0 fully saturated rings. The molecule has 2 aromatic heterocycles. The Hall–Kier alpha value is -3.24. The van der Waals surface area contributed by atoms with Crippen molar-refractivity contribution in [3.05, 3.63) is 107 Å². The molecule has 146 valence electrons. The molecule has 0 saturated heterocycles.